The molecule has 1 amide bonds. The molecule has 2 aliphatic heterocycles. The molecule has 8 nitrogen and oxygen atoms in total. The van der Waals surface area contributed by atoms with E-state index in [1.165, 1.54) is 35.2 Å². The third-order valence-electron chi connectivity index (χ3n) is 6.77. The summed E-state index contributed by atoms with van der Waals surface area (Å²) in [6, 6.07) is 8.47. The van der Waals surface area contributed by atoms with Gasteiger partial charge in [-0.3, -0.25) is 19.9 Å². The molecule has 1 spiro atoms. The minimum absolute atomic E-state index is 0. The van der Waals surface area contributed by atoms with E-state index in [1.54, 1.807) is 5.48 Å². The third-order valence-corrected chi connectivity index (χ3v) is 6.77. The van der Waals surface area contributed by atoms with Crippen LogP contribution in [0, 0.1) is 5.41 Å². The van der Waals surface area contributed by atoms with E-state index in [-0.39, 0.29) is 18.0 Å². The maximum Gasteiger partial charge on any atom is 0.277 e. The van der Waals surface area contributed by atoms with Crippen molar-refractivity contribution < 1.29 is 10.0 Å². The molecule has 32 heavy (non-hydrogen) atoms. The minimum Gasteiger partial charge on any atom is -0.341 e. The van der Waals surface area contributed by atoms with Crippen LogP contribution in [0.5, 0.6) is 0 Å². The molecule has 2 N–H and O–H groups in total. The number of piperidine rings is 1. The normalized spacial score (nSPS) is 18.0. The standard InChI is InChI=1S/C23H26N6O2.ClH/c30-21(27-31)18-13-25-22(26-14-18)29-9-6-23(7-10-29)5-8-28(16-23)15-19-12-24-11-17-3-1-2-4-20(17)19;/h1-4,11-14,31H,5-10,15-16H2,(H,27,30);1H. The lowest BCUT2D eigenvalue weighted by Crippen LogP contribution is -2.42. The number of benzene rings is 1. The number of hydroxylamine groups is 1. The Morgan fingerprint density at radius 2 is 1.75 bits per heavy atom. The molecule has 4 heterocycles. The fraction of sp³-hybridized carbons (Fsp3) is 0.391. The van der Waals surface area contributed by atoms with Crippen molar-refractivity contribution in [3.8, 4) is 0 Å². The van der Waals surface area contributed by atoms with E-state index in [2.05, 4.69) is 49.0 Å². The van der Waals surface area contributed by atoms with Crippen LogP contribution in [-0.4, -0.2) is 57.1 Å². The Balaban J connectivity index is 0.00000245. The second kappa shape index (κ2) is 9.36. The van der Waals surface area contributed by atoms with Crippen LogP contribution in [-0.2, 0) is 6.54 Å². The second-order valence-electron chi connectivity index (χ2n) is 8.68. The van der Waals surface area contributed by atoms with Crippen molar-refractivity contribution in [3.05, 3.63) is 60.2 Å². The van der Waals surface area contributed by atoms with Crippen molar-refractivity contribution in [1.29, 1.82) is 0 Å². The van der Waals surface area contributed by atoms with Crippen LogP contribution in [0.4, 0.5) is 5.95 Å². The summed E-state index contributed by atoms with van der Waals surface area (Å²) in [6.07, 6.45) is 10.3. The van der Waals surface area contributed by atoms with E-state index < -0.39 is 5.91 Å². The number of pyridine rings is 1. The Kier molecular flexibility index (Phi) is 6.55. The number of fused-ring (bicyclic) bond motifs is 1. The number of carbonyl (C=O) groups excluding carboxylic acids is 1. The van der Waals surface area contributed by atoms with Crippen molar-refractivity contribution in [3.63, 3.8) is 0 Å². The molecule has 2 saturated heterocycles. The highest BCUT2D eigenvalue weighted by atomic mass is 35.5. The van der Waals surface area contributed by atoms with E-state index >= 15 is 0 Å². The van der Waals surface area contributed by atoms with Crippen LogP contribution in [0.15, 0.2) is 49.1 Å². The van der Waals surface area contributed by atoms with Crippen molar-refractivity contribution in [1.82, 2.24) is 25.3 Å². The van der Waals surface area contributed by atoms with Gasteiger partial charge < -0.3 is 4.90 Å². The second-order valence-corrected chi connectivity index (χ2v) is 8.68. The molecule has 168 valence electrons. The van der Waals surface area contributed by atoms with Gasteiger partial charge in [-0.15, -0.1) is 12.4 Å². The molecule has 9 heteroatoms. The van der Waals surface area contributed by atoms with Crippen molar-refractivity contribution in [2.45, 2.75) is 25.8 Å². The summed E-state index contributed by atoms with van der Waals surface area (Å²) >= 11 is 0. The van der Waals surface area contributed by atoms with Gasteiger partial charge in [0.15, 0.2) is 0 Å². The fourth-order valence-corrected chi connectivity index (χ4v) is 4.96. The highest BCUT2D eigenvalue weighted by molar-refractivity contribution is 5.92. The summed E-state index contributed by atoms with van der Waals surface area (Å²) in [5, 5.41) is 11.2. The number of halogens is 1. The fourth-order valence-electron chi connectivity index (χ4n) is 4.96. The predicted octanol–water partition coefficient (Wildman–Crippen LogP) is 3.06. The molecule has 0 aliphatic carbocycles. The average Bonchev–Trinajstić information content (AvgIpc) is 3.21. The summed E-state index contributed by atoms with van der Waals surface area (Å²) < 4.78 is 0. The third kappa shape index (κ3) is 4.39. The lowest BCUT2D eigenvalue weighted by molar-refractivity contribution is 0.0705. The van der Waals surface area contributed by atoms with Crippen LogP contribution in [0.3, 0.4) is 0 Å². The number of hydrogen-bond acceptors (Lipinski definition) is 7. The molecule has 0 bridgehead atoms. The summed E-state index contributed by atoms with van der Waals surface area (Å²) in [5.74, 6) is 0.0395. The summed E-state index contributed by atoms with van der Waals surface area (Å²) in [4.78, 5) is 29.3. The number of rotatable bonds is 4. The van der Waals surface area contributed by atoms with Crippen LogP contribution in [0.1, 0.15) is 35.2 Å². The van der Waals surface area contributed by atoms with Gasteiger partial charge in [0, 0.05) is 56.4 Å². The van der Waals surface area contributed by atoms with Crippen LogP contribution < -0.4 is 10.4 Å². The molecule has 1 aromatic carbocycles. The minimum atomic E-state index is -0.600. The van der Waals surface area contributed by atoms with Gasteiger partial charge in [0.2, 0.25) is 5.95 Å². The van der Waals surface area contributed by atoms with E-state index in [0.717, 1.165) is 45.6 Å². The van der Waals surface area contributed by atoms with E-state index in [1.807, 2.05) is 12.4 Å². The molecular weight excluding hydrogens is 428 g/mol. The Morgan fingerprint density at radius 1 is 1.03 bits per heavy atom. The van der Waals surface area contributed by atoms with Crippen LogP contribution in [0.25, 0.3) is 10.8 Å². The smallest absolute Gasteiger partial charge is 0.277 e. The van der Waals surface area contributed by atoms with Gasteiger partial charge in [0.25, 0.3) is 5.91 Å². The van der Waals surface area contributed by atoms with Gasteiger partial charge in [0.1, 0.15) is 0 Å². The first-order valence-corrected chi connectivity index (χ1v) is 10.7. The molecule has 2 aliphatic rings. The Bertz CT molecular complexity index is 1080. The first-order valence-electron chi connectivity index (χ1n) is 10.7. The molecule has 0 atom stereocenters. The zero-order valence-corrected chi connectivity index (χ0v) is 18.6. The monoisotopic (exact) mass is 454 g/mol. The zero-order valence-electron chi connectivity index (χ0n) is 17.8. The zero-order chi connectivity index (χ0) is 21.3. The number of nitrogens with zero attached hydrogens (tertiary/aromatic N) is 5. The molecule has 0 radical (unpaired) electrons. The first kappa shape index (κ1) is 22.4. The van der Waals surface area contributed by atoms with E-state index in [0.29, 0.717) is 11.4 Å². The predicted molar refractivity (Wildman–Crippen MR) is 124 cm³/mol. The summed E-state index contributed by atoms with van der Waals surface area (Å²) in [7, 11) is 0. The van der Waals surface area contributed by atoms with Crippen LogP contribution >= 0.6 is 12.4 Å². The SMILES string of the molecule is Cl.O=C(NO)c1cnc(N2CCC3(CCN(Cc4cncc5ccccc45)C3)CC2)nc1. The lowest BCUT2D eigenvalue weighted by atomic mass is 9.78. The van der Waals surface area contributed by atoms with Crippen molar-refractivity contribution in [2.24, 2.45) is 5.41 Å². The van der Waals surface area contributed by atoms with Gasteiger partial charge in [0.05, 0.1) is 5.56 Å². The number of likely N-dealkylation sites (tertiary alicyclic amines) is 1. The molecule has 5 rings (SSSR count). The first-order chi connectivity index (χ1) is 15.2. The highest BCUT2D eigenvalue weighted by Crippen LogP contribution is 2.41. The van der Waals surface area contributed by atoms with Gasteiger partial charge in [-0.05, 0) is 42.2 Å². The number of anilines is 1. The molecule has 0 saturated carbocycles. The summed E-state index contributed by atoms with van der Waals surface area (Å²) in [5.41, 5.74) is 3.50. The van der Waals surface area contributed by atoms with E-state index in [9.17, 15) is 4.79 Å². The quantitative estimate of drug-likeness (QED) is 0.462. The van der Waals surface area contributed by atoms with Crippen LogP contribution in [0.2, 0.25) is 0 Å². The van der Waals surface area contributed by atoms with Gasteiger partial charge >= 0.3 is 0 Å². The number of carbonyl (C=O) groups is 1. The molecular formula is C23H27ClN6O2. The number of nitrogens with one attached hydrogen (secondary N) is 1. The lowest BCUT2D eigenvalue weighted by Gasteiger charge is -2.39. The largest absolute Gasteiger partial charge is 0.341 e. The number of amides is 1. The topological polar surface area (TPSA) is 94.5 Å². The summed E-state index contributed by atoms with van der Waals surface area (Å²) in [6.45, 7) is 4.99. The van der Waals surface area contributed by atoms with Crippen molar-refractivity contribution in [2.75, 3.05) is 31.1 Å². The Hall–Kier alpha value is -2.81. The molecule has 2 fully saturated rings. The maximum absolute atomic E-state index is 11.4. The van der Waals surface area contributed by atoms with Crippen molar-refractivity contribution >= 4 is 35.0 Å². The molecule has 0 unspecified atom stereocenters. The average molecular weight is 455 g/mol. The Labute approximate surface area is 193 Å². The van der Waals surface area contributed by atoms with Gasteiger partial charge in [-0.2, -0.15) is 0 Å². The van der Waals surface area contributed by atoms with Gasteiger partial charge in [-0.1, -0.05) is 24.3 Å². The number of aromatic nitrogens is 3. The maximum atomic E-state index is 11.4. The van der Waals surface area contributed by atoms with E-state index in [4.69, 9.17) is 5.21 Å². The number of hydrogen-bond donors (Lipinski definition) is 2. The Morgan fingerprint density at radius 3 is 2.50 bits per heavy atom. The van der Waals surface area contributed by atoms with Gasteiger partial charge in [-0.25, -0.2) is 15.4 Å². The highest BCUT2D eigenvalue weighted by Gasteiger charge is 2.40. The molecule has 2 aromatic heterocycles. The molecule has 3 aromatic rings.